The molecule has 166 valence electrons. The average molecular weight is 434 g/mol. The number of piperidine rings is 1. The number of tetrazole rings is 1. The summed E-state index contributed by atoms with van der Waals surface area (Å²) in [6.07, 6.45) is 2.70. The number of aryl methyl sites for hydroxylation is 1. The molecule has 2 heterocycles. The number of nitrogens with zero attached hydrogens (tertiary/aromatic N) is 5. The van der Waals surface area contributed by atoms with E-state index in [1.807, 2.05) is 54.6 Å². The first kappa shape index (κ1) is 21.7. The molecule has 2 aromatic carbocycles. The van der Waals surface area contributed by atoms with Crippen LogP contribution in [0.2, 0.25) is 0 Å². The number of carbonyl (C=O) groups is 1. The molecule has 8 nitrogen and oxygen atoms in total. The zero-order valence-corrected chi connectivity index (χ0v) is 18.3. The Morgan fingerprint density at radius 3 is 2.56 bits per heavy atom. The first-order valence-corrected chi connectivity index (χ1v) is 10.7. The highest BCUT2D eigenvalue weighted by molar-refractivity contribution is 6.18. The van der Waals surface area contributed by atoms with Gasteiger partial charge in [0.05, 0.1) is 13.2 Å². The third kappa shape index (κ3) is 4.70. The smallest absolute Gasteiger partial charge is 0.272 e. The lowest BCUT2D eigenvalue weighted by molar-refractivity contribution is -0.127. The van der Waals surface area contributed by atoms with Crippen molar-refractivity contribution in [2.45, 2.75) is 25.9 Å². The maximum atomic E-state index is 13.5. The standard InChI is InChI=1S/C24H27N5O3/c1-17-25-26-27-29(17)22(16-18-7-6-10-21(15-18)32-2)24(31)28-13-11-20(12-14-28)23(30)19-8-4-3-5-9-19/h3-10,15-16,20,23,30H,11-14H2,1-2H3/b22-16-. The number of methoxy groups -OCH3 is 1. The number of amides is 1. The van der Waals surface area contributed by atoms with Gasteiger partial charge in [-0.05, 0) is 65.4 Å². The first-order valence-electron chi connectivity index (χ1n) is 10.7. The number of hydrogen-bond acceptors (Lipinski definition) is 6. The minimum absolute atomic E-state index is 0.113. The number of carbonyl (C=O) groups excluding carboxylic acids is 1. The summed E-state index contributed by atoms with van der Waals surface area (Å²) >= 11 is 0. The van der Waals surface area contributed by atoms with E-state index in [4.69, 9.17) is 4.74 Å². The van der Waals surface area contributed by atoms with Gasteiger partial charge in [0.15, 0.2) is 5.82 Å². The molecule has 3 aromatic rings. The molecule has 0 bridgehead atoms. The van der Waals surface area contributed by atoms with Crippen LogP contribution in [0.5, 0.6) is 5.75 Å². The molecule has 0 radical (unpaired) electrons. The maximum Gasteiger partial charge on any atom is 0.272 e. The van der Waals surface area contributed by atoms with Crippen molar-refractivity contribution < 1.29 is 14.6 Å². The SMILES string of the molecule is COc1cccc(/C=C(/C(=O)N2CCC(C(O)c3ccccc3)CC2)n2nnnc2C)c1. The first-order chi connectivity index (χ1) is 15.6. The summed E-state index contributed by atoms with van der Waals surface area (Å²) in [5.74, 6) is 1.20. The molecule has 1 atom stereocenters. The van der Waals surface area contributed by atoms with Gasteiger partial charge in [-0.1, -0.05) is 42.5 Å². The molecule has 32 heavy (non-hydrogen) atoms. The van der Waals surface area contributed by atoms with Gasteiger partial charge in [-0.2, -0.15) is 4.68 Å². The molecule has 1 aromatic heterocycles. The van der Waals surface area contributed by atoms with E-state index in [0.29, 0.717) is 30.4 Å². The molecular formula is C24H27N5O3. The van der Waals surface area contributed by atoms with Crippen LogP contribution in [0.25, 0.3) is 11.8 Å². The van der Waals surface area contributed by atoms with Gasteiger partial charge >= 0.3 is 0 Å². The quantitative estimate of drug-likeness (QED) is 0.601. The van der Waals surface area contributed by atoms with E-state index in [-0.39, 0.29) is 11.8 Å². The number of ether oxygens (including phenoxy) is 1. The van der Waals surface area contributed by atoms with Crippen molar-refractivity contribution in [3.63, 3.8) is 0 Å². The van der Waals surface area contributed by atoms with E-state index in [1.165, 1.54) is 4.68 Å². The number of benzene rings is 2. The Kier molecular flexibility index (Phi) is 6.61. The van der Waals surface area contributed by atoms with Crippen LogP contribution in [-0.4, -0.2) is 56.3 Å². The Morgan fingerprint density at radius 1 is 1.16 bits per heavy atom. The fraction of sp³-hybridized carbons (Fsp3) is 0.333. The molecule has 1 amide bonds. The molecular weight excluding hydrogens is 406 g/mol. The number of hydrogen-bond donors (Lipinski definition) is 1. The molecule has 0 spiro atoms. The van der Waals surface area contributed by atoms with Crippen molar-refractivity contribution in [2.24, 2.45) is 5.92 Å². The molecule has 1 N–H and O–H groups in total. The second-order valence-electron chi connectivity index (χ2n) is 7.93. The molecule has 0 saturated carbocycles. The number of aliphatic hydroxyl groups is 1. The van der Waals surface area contributed by atoms with Crippen LogP contribution in [0.15, 0.2) is 54.6 Å². The molecule has 4 rings (SSSR count). The highest BCUT2D eigenvalue weighted by atomic mass is 16.5. The van der Waals surface area contributed by atoms with Crippen LogP contribution in [0, 0.1) is 12.8 Å². The maximum absolute atomic E-state index is 13.5. The molecule has 1 aliphatic rings. The van der Waals surface area contributed by atoms with Crippen LogP contribution in [-0.2, 0) is 4.79 Å². The molecule has 1 unspecified atom stereocenters. The topological polar surface area (TPSA) is 93.4 Å². The third-order valence-electron chi connectivity index (χ3n) is 5.88. The van der Waals surface area contributed by atoms with Crippen LogP contribution in [0.1, 0.15) is 35.9 Å². The largest absolute Gasteiger partial charge is 0.497 e. The summed E-state index contributed by atoms with van der Waals surface area (Å²) in [5, 5.41) is 22.4. The van der Waals surface area contributed by atoms with Crippen LogP contribution in [0.4, 0.5) is 0 Å². The number of aliphatic hydroxyl groups excluding tert-OH is 1. The van der Waals surface area contributed by atoms with Gasteiger partial charge in [0.1, 0.15) is 11.4 Å². The third-order valence-corrected chi connectivity index (χ3v) is 5.88. The van der Waals surface area contributed by atoms with Crippen LogP contribution < -0.4 is 4.74 Å². The van der Waals surface area contributed by atoms with Crippen LogP contribution >= 0.6 is 0 Å². The molecule has 8 heteroatoms. The Hall–Kier alpha value is -3.52. The second kappa shape index (κ2) is 9.74. The minimum Gasteiger partial charge on any atom is -0.497 e. The van der Waals surface area contributed by atoms with E-state index in [1.54, 1.807) is 25.0 Å². The van der Waals surface area contributed by atoms with Gasteiger partial charge in [0.25, 0.3) is 5.91 Å². The van der Waals surface area contributed by atoms with E-state index in [9.17, 15) is 9.90 Å². The fourth-order valence-corrected chi connectivity index (χ4v) is 4.06. The predicted octanol–water partition coefficient (Wildman–Crippen LogP) is 2.96. The van der Waals surface area contributed by atoms with E-state index < -0.39 is 6.10 Å². The molecule has 1 fully saturated rings. The molecule has 0 aliphatic carbocycles. The van der Waals surface area contributed by atoms with E-state index in [2.05, 4.69) is 15.5 Å². The number of aromatic nitrogens is 4. The minimum atomic E-state index is -0.526. The monoisotopic (exact) mass is 433 g/mol. The lowest BCUT2D eigenvalue weighted by Gasteiger charge is -2.34. The zero-order chi connectivity index (χ0) is 22.5. The summed E-state index contributed by atoms with van der Waals surface area (Å²) in [5.41, 5.74) is 2.11. The van der Waals surface area contributed by atoms with Crippen molar-refractivity contribution >= 4 is 17.7 Å². The highest BCUT2D eigenvalue weighted by Crippen LogP contribution is 2.31. The second-order valence-corrected chi connectivity index (χ2v) is 7.93. The normalized spacial score (nSPS) is 16.1. The Labute approximate surface area is 187 Å². The van der Waals surface area contributed by atoms with Crippen molar-refractivity contribution in [1.82, 2.24) is 25.1 Å². The van der Waals surface area contributed by atoms with Gasteiger partial charge < -0.3 is 14.7 Å². The predicted molar refractivity (Wildman–Crippen MR) is 120 cm³/mol. The van der Waals surface area contributed by atoms with Gasteiger partial charge in [0, 0.05) is 13.1 Å². The molecule has 1 saturated heterocycles. The van der Waals surface area contributed by atoms with Gasteiger partial charge in [-0.15, -0.1) is 5.10 Å². The highest BCUT2D eigenvalue weighted by Gasteiger charge is 2.30. The number of rotatable bonds is 6. The zero-order valence-electron chi connectivity index (χ0n) is 18.3. The van der Waals surface area contributed by atoms with Gasteiger partial charge in [-0.3, -0.25) is 4.79 Å². The Morgan fingerprint density at radius 2 is 1.91 bits per heavy atom. The van der Waals surface area contributed by atoms with Crippen molar-refractivity contribution in [1.29, 1.82) is 0 Å². The average Bonchev–Trinajstić information content (AvgIpc) is 3.28. The van der Waals surface area contributed by atoms with E-state index >= 15 is 0 Å². The lowest BCUT2D eigenvalue weighted by atomic mass is 9.87. The van der Waals surface area contributed by atoms with Gasteiger partial charge in [0.2, 0.25) is 0 Å². The van der Waals surface area contributed by atoms with Crippen molar-refractivity contribution in [2.75, 3.05) is 20.2 Å². The van der Waals surface area contributed by atoms with Crippen molar-refractivity contribution in [3.05, 3.63) is 71.5 Å². The van der Waals surface area contributed by atoms with Crippen LogP contribution in [0.3, 0.4) is 0 Å². The number of likely N-dealkylation sites (tertiary alicyclic amines) is 1. The van der Waals surface area contributed by atoms with E-state index in [0.717, 1.165) is 24.0 Å². The van der Waals surface area contributed by atoms with Gasteiger partial charge in [-0.25, -0.2) is 0 Å². The Balaban J connectivity index is 1.53. The summed E-state index contributed by atoms with van der Waals surface area (Å²) in [6.45, 7) is 2.88. The Bertz CT molecular complexity index is 1090. The lowest BCUT2D eigenvalue weighted by Crippen LogP contribution is -2.41. The molecule has 1 aliphatic heterocycles. The summed E-state index contributed by atoms with van der Waals surface area (Å²) in [6, 6.07) is 17.2. The summed E-state index contributed by atoms with van der Waals surface area (Å²) in [7, 11) is 1.61. The summed E-state index contributed by atoms with van der Waals surface area (Å²) in [4.78, 5) is 15.3. The van der Waals surface area contributed by atoms with Crippen molar-refractivity contribution in [3.8, 4) is 5.75 Å². The summed E-state index contributed by atoms with van der Waals surface area (Å²) < 4.78 is 6.77. The fourth-order valence-electron chi connectivity index (χ4n) is 4.06.